The van der Waals surface area contributed by atoms with Crippen molar-refractivity contribution in [3.63, 3.8) is 0 Å². The molecule has 0 saturated heterocycles. The van der Waals surface area contributed by atoms with E-state index in [2.05, 4.69) is 0 Å². The quantitative estimate of drug-likeness (QED) is 0.503. The Balaban J connectivity index is 0.000000220. The summed E-state index contributed by atoms with van der Waals surface area (Å²) in [5.41, 5.74) is 11.9. The Bertz CT molecular complexity index is 634. The number of nitrogens with zero attached hydrogens (tertiary/aromatic N) is 2. The molecule has 0 aliphatic rings. The van der Waals surface area contributed by atoms with Crippen LogP contribution in [0.15, 0.2) is 54.6 Å². The standard InChI is InChI=1S/2C7H8N2O2/c8-5-6-2-1-3-7(4-6)9(10)11;8-7(9(10)11)6-4-2-1-3-5-6/h1-4H,5,8H2;1-5,7H,8H2. The van der Waals surface area contributed by atoms with Crippen molar-refractivity contribution in [2.75, 3.05) is 0 Å². The monoisotopic (exact) mass is 304 g/mol. The Hall–Kier alpha value is -2.84. The predicted molar refractivity (Wildman–Crippen MR) is 81.4 cm³/mol. The largest absolute Gasteiger partial charge is 0.326 e. The van der Waals surface area contributed by atoms with Crippen LogP contribution >= 0.6 is 0 Å². The number of nitro groups is 2. The van der Waals surface area contributed by atoms with Crippen molar-refractivity contribution >= 4 is 5.69 Å². The van der Waals surface area contributed by atoms with E-state index in [0.29, 0.717) is 12.1 Å². The SMILES string of the molecule is NC(c1ccccc1)[N+](=O)[O-].NCc1cccc([N+](=O)[O-])c1. The third-order valence-electron chi connectivity index (χ3n) is 2.73. The van der Waals surface area contributed by atoms with Gasteiger partial charge in [0.25, 0.3) is 11.9 Å². The van der Waals surface area contributed by atoms with Crippen LogP contribution < -0.4 is 11.5 Å². The van der Waals surface area contributed by atoms with E-state index in [1.54, 1.807) is 42.5 Å². The van der Waals surface area contributed by atoms with Gasteiger partial charge in [0.05, 0.1) is 4.92 Å². The zero-order chi connectivity index (χ0) is 16.5. The Morgan fingerprint density at radius 2 is 1.64 bits per heavy atom. The normalized spacial score (nSPS) is 11.0. The third kappa shape index (κ3) is 5.27. The van der Waals surface area contributed by atoms with Crippen molar-refractivity contribution in [1.29, 1.82) is 0 Å². The van der Waals surface area contributed by atoms with E-state index in [-0.39, 0.29) is 5.69 Å². The second-order valence-corrected chi connectivity index (χ2v) is 4.27. The molecule has 4 N–H and O–H groups in total. The molecule has 22 heavy (non-hydrogen) atoms. The van der Waals surface area contributed by atoms with Gasteiger partial charge in [-0.25, -0.2) is 0 Å². The highest BCUT2D eigenvalue weighted by molar-refractivity contribution is 5.33. The van der Waals surface area contributed by atoms with Gasteiger partial charge in [-0.2, -0.15) is 0 Å². The van der Waals surface area contributed by atoms with E-state index in [4.69, 9.17) is 11.5 Å². The minimum Gasteiger partial charge on any atom is -0.326 e. The number of benzene rings is 2. The van der Waals surface area contributed by atoms with E-state index in [1.807, 2.05) is 0 Å². The van der Waals surface area contributed by atoms with Gasteiger partial charge in [-0.1, -0.05) is 42.5 Å². The zero-order valence-electron chi connectivity index (χ0n) is 11.7. The number of hydrogen-bond donors (Lipinski definition) is 2. The van der Waals surface area contributed by atoms with Gasteiger partial charge in [0.2, 0.25) is 0 Å². The first kappa shape index (κ1) is 17.2. The molecule has 0 saturated carbocycles. The molecule has 0 aliphatic carbocycles. The fourth-order valence-corrected chi connectivity index (χ4v) is 1.57. The molecule has 8 heteroatoms. The summed E-state index contributed by atoms with van der Waals surface area (Å²) in [6, 6.07) is 14.8. The molecule has 0 aliphatic heterocycles. The second kappa shape index (κ2) is 8.45. The average molecular weight is 304 g/mol. The van der Waals surface area contributed by atoms with Gasteiger partial charge in [-0.05, 0) is 5.56 Å². The van der Waals surface area contributed by atoms with Crippen LogP contribution in [-0.2, 0) is 6.54 Å². The van der Waals surface area contributed by atoms with Crippen LogP contribution in [0.1, 0.15) is 17.3 Å². The van der Waals surface area contributed by atoms with E-state index in [0.717, 1.165) is 5.56 Å². The van der Waals surface area contributed by atoms with Crippen LogP contribution in [0, 0.1) is 20.2 Å². The summed E-state index contributed by atoms with van der Waals surface area (Å²) in [4.78, 5) is 19.5. The molecule has 1 unspecified atom stereocenters. The van der Waals surface area contributed by atoms with Crippen molar-refractivity contribution in [3.05, 3.63) is 86.0 Å². The fraction of sp³-hybridized carbons (Fsp3) is 0.143. The molecule has 0 amide bonds. The van der Waals surface area contributed by atoms with Gasteiger partial charge >= 0.3 is 0 Å². The van der Waals surface area contributed by atoms with Crippen molar-refractivity contribution in [1.82, 2.24) is 0 Å². The van der Waals surface area contributed by atoms with Crippen LogP contribution in [0.5, 0.6) is 0 Å². The number of non-ortho nitro benzene ring substituents is 1. The van der Waals surface area contributed by atoms with Crippen LogP contribution in [0.3, 0.4) is 0 Å². The van der Waals surface area contributed by atoms with Gasteiger partial charge in [-0.15, -0.1) is 0 Å². The van der Waals surface area contributed by atoms with Gasteiger partial charge in [-0.3, -0.25) is 26.0 Å². The highest BCUT2D eigenvalue weighted by atomic mass is 16.6. The molecule has 0 bridgehead atoms. The van der Waals surface area contributed by atoms with E-state index in [1.165, 1.54) is 12.1 Å². The van der Waals surface area contributed by atoms with Gasteiger partial charge in [0, 0.05) is 29.2 Å². The number of rotatable bonds is 4. The summed E-state index contributed by atoms with van der Waals surface area (Å²) in [7, 11) is 0. The molecule has 2 rings (SSSR count). The molecule has 2 aromatic rings. The maximum atomic E-state index is 10.2. The molecule has 0 heterocycles. The molecule has 0 radical (unpaired) electrons. The van der Waals surface area contributed by atoms with Crippen molar-refractivity contribution in [2.24, 2.45) is 11.5 Å². The maximum absolute atomic E-state index is 10.2. The average Bonchev–Trinajstić information content (AvgIpc) is 2.55. The summed E-state index contributed by atoms with van der Waals surface area (Å²) in [5.74, 6) is 0. The molecule has 116 valence electrons. The topological polar surface area (TPSA) is 138 Å². The Kier molecular flexibility index (Phi) is 6.61. The van der Waals surface area contributed by atoms with Gasteiger partial charge in [0.15, 0.2) is 0 Å². The molecule has 1 atom stereocenters. The van der Waals surface area contributed by atoms with E-state index in [9.17, 15) is 20.2 Å². The fourth-order valence-electron chi connectivity index (χ4n) is 1.57. The van der Waals surface area contributed by atoms with E-state index < -0.39 is 16.0 Å². The van der Waals surface area contributed by atoms with Crippen molar-refractivity contribution < 1.29 is 9.85 Å². The van der Waals surface area contributed by atoms with Crippen LogP contribution in [-0.4, -0.2) is 9.85 Å². The summed E-state index contributed by atoms with van der Waals surface area (Å²) in [5, 5.41) is 20.4. The number of nitrogens with two attached hydrogens (primary N) is 2. The summed E-state index contributed by atoms with van der Waals surface area (Å²) in [6.07, 6.45) is -1.10. The predicted octanol–water partition coefficient (Wildman–Crippen LogP) is 1.97. The highest BCUT2D eigenvalue weighted by Crippen LogP contribution is 2.12. The lowest BCUT2D eigenvalue weighted by Crippen LogP contribution is -2.19. The lowest BCUT2D eigenvalue weighted by atomic mass is 10.2. The van der Waals surface area contributed by atoms with Crippen LogP contribution in [0.4, 0.5) is 5.69 Å². The second-order valence-electron chi connectivity index (χ2n) is 4.27. The molecule has 0 spiro atoms. The highest BCUT2D eigenvalue weighted by Gasteiger charge is 2.14. The summed E-state index contributed by atoms with van der Waals surface area (Å²) in [6.45, 7) is 0.335. The molecule has 0 aromatic heterocycles. The third-order valence-corrected chi connectivity index (χ3v) is 2.73. The van der Waals surface area contributed by atoms with Crippen LogP contribution in [0.25, 0.3) is 0 Å². The van der Waals surface area contributed by atoms with Gasteiger partial charge in [0.1, 0.15) is 0 Å². The molecule has 2 aromatic carbocycles. The Morgan fingerprint density at radius 3 is 2.14 bits per heavy atom. The first-order valence-corrected chi connectivity index (χ1v) is 6.33. The lowest BCUT2D eigenvalue weighted by Gasteiger charge is -2.01. The number of nitro benzene ring substituents is 1. The molecular weight excluding hydrogens is 288 g/mol. The van der Waals surface area contributed by atoms with Crippen molar-refractivity contribution in [2.45, 2.75) is 12.7 Å². The Morgan fingerprint density at radius 1 is 1.00 bits per heavy atom. The summed E-state index contributed by atoms with van der Waals surface area (Å²) >= 11 is 0. The van der Waals surface area contributed by atoms with Gasteiger partial charge < -0.3 is 5.73 Å². The first-order chi connectivity index (χ1) is 10.5. The molecular formula is C14H16N4O4. The maximum Gasteiger partial charge on any atom is 0.289 e. The van der Waals surface area contributed by atoms with Crippen LogP contribution in [0.2, 0.25) is 0 Å². The minimum absolute atomic E-state index is 0.0907. The summed E-state index contributed by atoms with van der Waals surface area (Å²) < 4.78 is 0. The minimum atomic E-state index is -1.10. The van der Waals surface area contributed by atoms with Crippen molar-refractivity contribution in [3.8, 4) is 0 Å². The van der Waals surface area contributed by atoms with E-state index >= 15 is 0 Å². The first-order valence-electron chi connectivity index (χ1n) is 6.33. The Labute approximate surface area is 126 Å². The zero-order valence-corrected chi connectivity index (χ0v) is 11.7. The smallest absolute Gasteiger partial charge is 0.289 e. The number of hydrogen-bond acceptors (Lipinski definition) is 6. The molecule has 8 nitrogen and oxygen atoms in total. The lowest BCUT2D eigenvalue weighted by molar-refractivity contribution is -0.527. The molecule has 0 fully saturated rings.